The van der Waals surface area contributed by atoms with Crippen molar-refractivity contribution in [1.82, 2.24) is 4.90 Å². The van der Waals surface area contributed by atoms with Crippen molar-refractivity contribution >= 4 is 18.0 Å². The number of methoxy groups -OCH3 is 2. The van der Waals surface area contributed by atoms with Gasteiger partial charge in [0.25, 0.3) is 0 Å². The number of benzene rings is 2. The fourth-order valence-electron chi connectivity index (χ4n) is 3.63. The molecule has 8 nitrogen and oxygen atoms in total. The molecule has 2 atom stereocenters. The van der Waals surface area contributed by atoms with Crippen molar-refractivity contribution in [2.24, 2.45) is 0 Å². The maximum Gasteiger partial charge on any atom is 0.412 e. The molecule has 2 aromatic rings. The average Bonchev–Trinajstić information content (AvgIpc) is 3.18. The van der Waals surface area contributed by atoms with Crippen molar-refractivity contribution in [2.75, 3.05) is 20.8 Å². The van der Waals surface area contributed by atoms with E-state index in [9.17, 15) is 14.4 Å². The van der Waals surface area contributed by atoms with Crippen LogP contribution in [0.15, 0.2) is 72.0 Å². The van der Waals surface area contributed by atoms with Gasteiger partial charge < -0.3 is 18.9 Å². The van der Waals surface area contributed by atoms with Crippen molar-refractivity contribution < 1.29 is 33.3 Å². The van der Waals surface area contributed by atoms with Gasteiger partial charge in [0.05, 0.1) is 20.8 Å². The fraction of sp³-hybridized carbons (Fsp3) is 0.292. The molecule has 0 radical (unpaired) electrons. The minimum Gasteiger partial charge on any atom is -0.495 e. The molecule has 0 fully saturated rings. The number of rotatable bonds is 7. The van der Waals surface area contributed by atoms with E-state index in [1.54, 1.807) is 31.2 Å². The lowest BCUT2D eigenvalue weighted by atomic mass is 10.0. The number of esters is 2. The molecule has 0 bridgehead atoms. The first kappa shape index (κ1) is 22.9. The van der Waals surface area contributed by atoms with E-state index in [-0.39, 0.29) is 24.5 Å². The summed E-state index contributed by atoms with van der Waals surface area (Å²) in [4.78, 5) is 40.0. The molecule has 1 aliphatic rings. The van der Waals surface area contributed by atoms with E-state index in [0.29, 0.717) is 5.56 Å². The predicted octanol–water partition coefficient (Wildman–Crippen LogP) is 3.39. The molecular weight excluding hydrogens is 414 g/mol. The van der Waals surface area contributed by atoms with Crippen molar-refractivity contribution in [3.63, 3.8) is 0 Å². The summed E-state index contributed by atoms with van der Waals surface area (Å²) in [7, 11) is 2.38. The first-order valence-corrected chi connectivity index (χ1v) is 10.1. The molecule has 2 aromatic carbocycles. The van der Waals surface area contributed by atoms with Gasteiger partial charge in [-0.05, 0) is 18.1 Å². The molecule has 0 aliphatic carbocycles. The Hall–Kier alpha value is -3.81. The fourth-order valence-corrected chi connectivity index (χ4v) is 3.63. The van der Waals surface area contributed by atoms with Gasteiger partial charge in [-0.15, -0.1) is 0 Å². The van der Waals surface area contributed by atoms with Gasteiger partial charge in [-0.1, -0.05) is 60.7 Å². The van der Waals surface area contributed by atoms with E-state index in [0.717, 1.165) is 5.56 Å². The summed E-state index contributed by atoms with van der Waals surface area (Å²) in [5, 5.41) is 0. The molecule has 0 aromatic heterocycles. The van der Waals surface area contributed by atoms with Crippen molar-refractivity contribution in [1.29, 1.82) is 0 Å². The monoisotopic (exact) mass is 439 g/mol. The lowest BCUT2D eigenvalue weighted by Gasteiger charge is -2.29. The van der Waals surface area contributed by atoms with Crippen molar-refractivity contribution in [2.45, 2.75) is 25.6 Å². The highest BCUT2D eigenvalue weighted by Crippen LogP contribution is 2.43. The molecule has 32 heavy (non-hydrogen) atoms. The summed E-state index contributed by atoms with van der Waals surface area (Å²) in [5.41, 5.74) is 1.32. The quantitative estimate of drug-likeness (QED) is 0.482. The molecule has 0 N–H and O–H groups in total. The van der Waals surface area contributed by atoms with Gasteiger partial charge in [0, 0.05) is 0 Å². The summed E-state index contributed by atoms with van der Waals surface area (Å²) in [6.45, 7) is 1.94. The van der Waals surface area contributed by atoms with Crippen LogP contribution in [0.5, 0.6) is 0 Å². The van der Waals surface area contributed by atoms with Crippen LogP contribution in [0.1, 0.15) is 24.1 Å². The number of nitrogens with zero attached hydrogens (tertiary/aromatic N) is 1. The number of carbonyl (C=O) groups is 3. The molecule has 8 heteroatoms. The zero-order valence-corrected chi connectivity index (χ0v) is 18.1. The van der Waals surface area contributed by atoms with Crippen LogP contribution in [-0.4, -0.2) is 49.8 Å². The Balaban J connectivity index is 2.08. The van der Waals surface area contributed by atoms with Crippen molar-refractivity contribution in [3.05, 3.63) is 83.1 Å². The molecule has 168 valence electrons. The first-order valence-electron chi connectivity index (χ1n) is 10.1. The van der Waals surface area contributed by atoms with E-state index in [1.165, 1.54) is 19.1 Å². The van der Waals surface area contributed by atoms with E-state index >= 15 is 0 Å². The molecule has 1 amide bonds. The lowest BCUT2D eigenvalue weighted by molar-refractivity contribution is -0.147. The summed E-state index contributed by atoms with van der Waals surface area (Å²) in [6.07, 6.45) is -0.797. The maximum absolute atomic E-state index is 13.3. The number of amides is 1. The van der Waals surface area contributed by atoms with Crippen LogP contribution in [0.4, 0.5) is 4.79 Å². The highest BCUT2D eigenvalue weighted by atomic mass is 16.6. The zero-order chi connectivity index (χ0) is 23.1. The third-order valence-corrected chi connectivity index (χ3v) is 5.00. The van der Waals surface area contributed by atoms with Gasteiger partial charge in [0.1, 0.15) is 24.0 Å². The van der Waals surface area contributed by atoms with Gasteiger partial charge in [-0.3, -0.25) is 4.90 Å². The van der Waals surface area contributed by atoms with Crippen LogP contribution in [0.3, 0.4) is 0 Å². The Kier molecular flexibility index (Phi) is 7.49. The Morgan fingerprint density at radius 1 is 0.906 bits per heavy atom. The summed E-state index contributed by atoms with van der Waals surface area (Å²) < 4.78 is 21.2. The minimum atomic E-state index is -1.39. The number of ether oxygens (including phenoxy) is 4. The van der Waals surface area contributed by atoms with E-state index in [4.69, 9.17) is 18.9 Å². The van der Waals surface area contributed by atoms with Gasteiger partial charge in [0.2, 0.25) is 0 Å². The first-order chi connectivity index (χ1) is 15.5. The average molecular weight is 439 g/mol. The summed E-state index contributed by atoms with van der Waals surface area (Å²) >= 11 is 0. The van der Waals surface area contributed by atoms with E-state index in [1.807, 2.05) is 36.4 Å². The molecule has 0 spiro atoms. The smallest absolute Gasteiger partial charge is 0.412 e. The third-order valence-electron chi connectivity index (χ3n) is 5.00. The highest BCUT2D eigenvalue weighted by Gasteiger charge is 2.53. The van der Waals surface area contributed by atoms with Gasteiger partial charge in [-0.2, -0.15) is 0 Å². The Labute approximate surface area is 186 Å². The normalized spacial score (nSPS) is 17.7. The summed E-state index contributed by atoms with van der Waals surface area (Å²) in [5.74, 6) is -1.45. The molecule has 1 heterocycles. The minimum absolute atomic E-state index is 0.0108. The Morgan fingerprint density at radius 2 is 1.53 bits per heavy atom. The molecule has 0 unspecified atom stereocenters. The van der Waals surface area contributed by atoms with Crippen LogP contribution in [0.2, 0.25) is 0 Å². The Morgan fingerprint density at radius 3 is 2.09 bits per heavy atom. The van der Waals surface area contributed by atoms with Crippen molar-refractivity contribution in [3.8, 4) is 0 Å². The van der Waals surface area contributed by atoms with Crippen LogP contribution in [0.25, 0.3) is 0 Å². The van der Waals surface area contributed by atoms with Gasteiger partial charge >= 0.3 is 18.0 Å². The topological polar surface area (TPSA) is 91.4 Å². The molecule has 0 saturated heterocycles. The maximum atomic E-state index is 13.3. The Bertz CT molecular complexity index is 988. The number of hydrogen-bond acceptors (Lipinski definition) is 7. The van der Waals surface area contributed by atoms with E-state index in [2.05, 4.69) is 0 Å². The second kappa shape index (κ2) is 10.5. The SMILES string of the molecule is CCOC1=C(C(=O)OC)[C@H](C(=O)OC)N(C(=O)OCc2ccccc2)[C@H]1c1ccccc1. The number of carbonyl (C=O) groups excluding carboxylic acids is 3. The van der Waals surface area contributed by atoms with Gasteiger partial charge in [0.15, 0.2) is 6.04 Å². The largest absolute Gasteiger partial charge is 0.495 e. The second-order valence-corrected chi connectivity index (χ2v) is 6.89. The van der Waals surface area contributed by atoms with Crippen LogP contribution >= 0.6 is 0 Å². The second-order valence-electron chi connectivity index (χ2n) is 6.89. The van der Waals surface area contributed by atoms with Crippen LogP contribution in [0, 0.1) is 0 Å². The summed E-state index contributed by atoms with van der Waals surface area (Å²) in [6, 6.07) is 15.8. The predicted molar refractivity (Wildman–Crippen MR) is 114 cm³/mol. The zero-order valence-electron chi connectivity index (χ0n) is 18.1. The van der Waals surface area contributed by atoms with E-state index < -0.39 is 30.1 Å². The standard InChI is InChI=1S/C24H25NO7/c1-4-31-21-18(22(26)29-2)20(23(27)30-3)25(19(21)17-13-9-6-10-14-17)24(28)32-15-16-11-7-5-8-12-16/h5-14,19-20H,4,15H2,1-3H3/t19-,20+/m0/s1. The molecule has 1 aliphatic heterocycles. The third kappa shape index (κ3) is 4.59. The molecule has 3 rings (SSSR count). The molecule has 0 saturated carbocycles. The van der Waals surface area contributed by atoms with Crippen LogP contribution in [-0.2, 0) is 35.1 Å². The van der Waals surface area contributed by atoms with Crippen LogP contribution < -0.4 is 0 Å². The molecular formula is C24H25NO7. The lowest BCUT2D eigenvalue weighted by Crippen LogP contribution is -2.45. The van der Waals surface area contributed by atoms with Gasteiger partial charge in [-0.25, -0.2) is 14.4 Å². The highest BCUT2D eigenvalue weighted by molar-refractivity contribution is 6.01. The number of hydrogen-bond donors (Lipinski definition) is 0.